The number of hydrogen-bond donors (Lipinski definition) is 0. The van der Waals surface area contributed by atoms with Gasteiger partial charge in [0.2, 0.25) is 0 Å². The second-order valence-electron chi connectivity index (χ2n) is 7.13. The van der Waals surface area contributed by atoms with Gasteiger partial charge in [0, 0.05) is 11.8 Å². The third kappa shape index (κ3) is 3.59. The largest absolute Gasteiger partial charge is 0.256 e. The highest BCUT2D eigenvalue weighted by Crippen LogP contribution is 2.25. The lowest BCUT2D eigenvalue weighted by Gasteiger charge is -2.17. The third-order valence-electron chi connectivity index (χ3n) is 4.13. The highest BCUT2D eigenvalue weighted by Gasteiger charge is 2.16. The van der Waals surface area contributed by atoms with Crippen LogP contribution < -0.4 is 5.19 Å². The van der Waals surface area contributed by atoms with Gasteiger partial charge in [0.1, 0.15) is 0 Å². The van der Waals surface area contributed by atoms with Crippen molar-refractivity contribution in [1.29, 1.82) is 0 Å². The Morgan fingerprint density at radius 2 is 1.39 bits per heavy atom. The van der Waals surface area contributed by atoms with Crippen LogP contribution >= 0.6 is 0 Å². The van der Waals surface area contributed by atoms with Crippen molar-refractivity contribution < 1.29 is 0 Å². The van der Waals surface area contributed by atoms with Crippen LogP contribution in [0.4, 0.5) is 0 Å². The number of benzene rings is 2. The van der Waals surface area contributed by atoms with E-state index in [-0.39, 0.29) is 0 Å². The van der Waals surface area contributed by atoms with E-state index in [1.807, 2.05) is 6.20 Å². The molecule has 2 heteroatoms. The normalized spacial score (nSPS) is 11.5. The summed E-state index contributed by atoms with van der Waals surface area (Å²) >= 11 is 0. The van der Waals surface area contributed by atoms with Crippen molar-refractivity contribution >= 4 is 13.3 Å². The molecule has 0 fully saturated rings. The van der Waals surface area contributed by atoms with Gasteiger partial charge in [0.15, 0.2) is 0 Å². The van der Waals surface area contributed by atoms with Crippen molar-refractivity contribution in [1.82, 2.24) is 4.98 Å². The van der Waals surface area contributed by atoms with Crippen molar-refractivity contribution in [2.75, 3.05) is 0 Å². The molecule has 0 saturated heterocycles. The Hall–Kier alpha value is -2.19. The molecule has 0 aliphatic carbocycles. The van der Waals surface area contributed by atoms with E-state index in [1.54, 1.807) is 0 Å². The summed E-state index contributed by atoms with van der Waals surface area (Å²) < 4.78 is 0. The molecule has 0 unspecified atom stereocenters. The minimum absolute atomic E-state index is 1.03. The Balaban J connectivity index is 2.02. The number of rotatable bonds is 3. The predicted octanol–water partition coefficient (Wildman–Crippen LogP) is 5.27. The van der Waals surface area contributed by atoms with Crippen LogP contribution in [0.15, 0.2) is 66.9 Å². The average Bonchev–Trinajstić information content (AvgIpc) is 2.55. The molecule has 0 spiro atoms. The summed E-state index contributed by atoms with van der Waals surface area (Å²) in [5.41, 5.74) is 5.93. The van der Waals surface area contributed by atoms with Crippen molar-refractivity contribution in [3.8, 4) is 22.4 Å². The Bertz CT molecular complexity index is 814. The first-order valence-corrected chi connectivity index (χ1v) is 11.6. The fourth-order valence-corrected chi connectivity index (χ4v) is 3.85. The van der Waals surface area contributed by atoms with E-state index >= 15 is 0 Å². The number of pyridine rings is 1. The van der Waals surface area contributed by atoms with Crippen LogP contribution in [0, 0.1) is 6.92 Å². The molecule has 23 heavy (non-hydrogen) atoms. The van der Waals surface area contributed by atoms with Crippen LogP contribution in [0.5, 0.6) is 0 Å². The second-order valence-corrected chi connectivity index (χ2v) is 12.2. The lowest BCUT2D eigenvalue weighted by Crippen LogP contribution is -2.37. The quantitative estimate of drug-likeness (QED) is 0.600. The van der Waals surface area contributed by atoms with Gasteiger partial charge < -0.3 is 0 Å². The Morgan fingerprint density at radius 3 is 2.04 bits per heavy atom. The van der Waals surface area contributed by atoms with Gasteiger partial charge in [-0.1, -0.05) is 73.4 Å². The van der Waals surface area contributed by atoms with Crippen LogP contribution in [-0.2, 0) is 0 Å². The number of nitrogens with zero attached hydrogens (tertiary/aromatic N) is 1. The molecule has 0 saturated carbocycles. The van der Waals surface area contributed by atoms with Crippen LogP contribution in [0.2, 0.25) is 19.6 Å². The van der Waals surface area contributed by atoms with Crippen LogP contribution in [-0.4, -0.2) is 13.1 Å². The zero-order valence-corrected chi connectivity index (χ0v) is 15.3. The molecular weight excluding hydrogens is 294 g/mol. The molecule has 0 aliphatic rings. The van der Waals surface area contributed by atoms with Gasteiger partial charge in [0.05, 0.1) is 13.8 Å². The lowest BCUT2D eigenvalue weighted by molar-refractivity contribution is 1.27. The molecule has 1 heterocycles. The molecule has 0 atom stereocenters. The van der Waals surface area contributed by atoms with Gasteiger partial charge in [0.25, 0.3) is 0 Å². The maximum absolute atomic E-state index is 4.55. The van der Waals surface area contributed by atoms with Crippen molar-refractivity contribution in [3.63, 3.8) is 0 Å². The van der Waals surface area contributed by atoms with Crippen LogP contribution in [0.25, 0.3) is 22.4 Å². The van der Waals surface area contributed by atoms with Gasteiger partial charge in [-0.15, -0.1) is 0 Å². The molecule has 0 amide bonds. The molecular formula is C21H23NSi. The zero-order chi connectivity index (χ0) is 16.4. The fraction of sp³-hybridized carbons (Fsp3) is 0.190. The predicted molar refractivity (Wildman–Crippen MR) is 103 cm³/mol. The van der Waals surface area contributed by atoms with E-state index in [9.17, 15) is 0 Å². The van der Waals surface area contributed by atoms with Crippen LogP contribution in [0.1, 0.15) is 5.56 Å². The van der Waals surface area contributed by atoms with Gasteiger partial charge in [-0.3, -0.25) is 4.98 Å². The highest BCUT2D eigenvalue weighted by molar-refractivity contribution is 6.88. The molecule has 1 nitrogen and oxygen atoms in total. The summed E-state index contributed by atoms with van der Waals surface area (Å²) in [5.74, 6) is 0. The van der Waals surface area contributed by atoms with Gasteiger partial charge in [-0.25, -0.2) is 0 Å². The molecule has 0 bridgehead atoms. The molecule has 0 N–H and O–H groups in total. The molecule has 0 radical (unpaired) electrons. The summed E-state index contributed by atoms with van der Waals surface area (Å²) in [7, 11) is -1.29. The summed E-state index contributed by atoms with van der Waals surface area (Å²) in [6.45, 7) is 9.23. The van der Waals surface area contributed by atoms with Gasteiger partial charge >= 0.3 is 0 Å². The van der Waals surface area contributed by atoms with Crippen molar-refractivity contribution in [3.05, 3.63) is 72.4 Å². The van der Waals surface area contributed by atoms with E-state index in [4.69, 9.17) is 0 Å². The SMILES string of the molecule is Cc1ccc(-c2cccc(-c3cccc([Si](C)(C)C)c3)c2)nc1. The fourth-order valence-electron chi connectivity index (χ4n) is 2.66. The molecule has 116 valence electrons. The zero-order valence-electron chi connectivity index (χ0n) is 14.3. The monoisotopic (exact) mass is 317 g/mol. The smallest absolute Gasteiger partial charge is 0.0776 e. The summed E-state index contributed by atoms with van der Waals surface area (Å²) in [6.07, 6.45) is 1.92. The first-order chi connectivity index (χ1) is 10.9. The topological polar surface area (TPSA) is 12.9 Å². The highest BCUT2D eigenvalue weighted by atomic mass is 28.3. The Labute approximate surface area is 140 Å². The first kappa shape index (κ1) is 15.7. The maximum Gasteiger partial charge on any atom is 0.0776 e. The maximum atomic E-state index is 4.55. The second kappa shape index (κ2) is 6.13. The number of aryl methyl sites for hydroxylation is 1. The van der Waals surface area contributed by atoms with E-state index in [1.165, 1.54) is 27.4 Å². The van der Waals surface area contributed by atoms with E-state index in [0.717, 1.165) is 5.69 Å². The van der Waals surface area contributed by atoms with Crippen molar-refractivity contribution in [2.24, 2.45) is 0 Å². The lowest BCUT2D eigenvalue weighted by atomic mass is 10.0. The first-order valence-electron chi connectivity index (χ1n) is 8.07. The molecule has 3 aromatic rings. The van der Waals surface area contributed by atoms with E-state index in [0.29, 0.717) is 0 Å². The summed E-state index contributed by atoms with van der Waals surface area (Å²) in [5, 5.41) is 1.49. The number of aromatic nitrogens is 1. The summed E-state index contributed by atoms with van der Waals surface area (Å²) in [6, 6.07) is 21.9. The van der Waals surface area contributed by atoms with Gasteiger partial charge in [-0.2, -0.15) is 0 Å². The van der Waals surface area contributed by atoms with Crippen molar-refractivity contribution in [2.45, 2.75) is 26.6 Å². The Kier molecular flexibility index (Phi) is 4.18. The molecule has 1 aromatic heterocycles. The molecule has 2 aromatic carbocycles. The van der Waals surface area contributed by atoms with E-state index < -0.39 is 8.07 Å². The average molecular weight is 318 g/mol. The van der Waals surface area contributed by atoms with Crippen LogP contribution in [0.3, 0.4) is 0 Å². The minimum atomic E-state index is -1.29. The van der Waals surface area contributed by atoms with Gasteiger partial charge in [-0.05, 0) is 35.7 Å². The minimum Gasteiger partial charge on any atom is -0.256 e. The standard InChI is InChI=1S/C21H23NSi/c1-16-11-12-21(22-15-16)19-9-5-7-17(13-19)18-8-6-10-20(14-18)23(2,3)4/h5-15H,1-4H3. The Morgan fingerprint density at radius 1 is 0.739 bits per heavy atom. The molecule has 3 rings (SSSR count). The molecule has 0 aliphatic heterocycles. The number of hydrogen-bond acceptors (Lipinski definition) is 1. The van der Waals surface area contributed by atoms with E-state index in [2.05, 4.69) is 92.2 Å². The third-order valence-corrected chi connectivity index (χ3v) is 6.17. The summed E-state index contributed by atoms with van der Waals surface area (Å²) in [4.78, 5) is 4.55.